The van der Waals surface area contributed by atoms with Gasteiger partial charge in [0.2, 0.25) is 5.91 Å². The van der Waals surface area contributed by atoms with E-state index in [1.165, 1.54) is 0 Å². The van der Waals surface area contributed by atoms with Crippen LogP contribution in [0.25, 0.3) is 0 Å². The van der Waals surface area contributed by atoms with Crippen LogP contribution in [0.3, 0.4) is 0 Å². The molecule has 0 saturated carbocycles. The molecular weight excluding hydrogens is 349 g/mol. The van der Waals surface area contributed by atoms with Crippen molar-refractivity contribution in [3.05, 3.63) is 0 Å². The average molecular weight is 380 g/mol. The van der Waals surface area contributed by atoms with Crippen LogP contribution in [0.5, 0.6) is 0 Å². The van der Waals surface area contributed by atoms with Gasteiger partial charge in [0.25, 0.3) is 0 Å². The lowest BCUT2D eigenvalue weighted by molar-refractivity contribution is -0.121. The Bertz CT molecular complexity index is 442. The minimum absolute atomic E-state index is 0.0411. The van der Waals surface area contributed by atoms with Crippen molar-refractivity contribution in [2.45, 2.75) is 45.8 Å². The SMILES string of the molecule is COCCOCC(C)N[P+](N)=NCCC(=O)NNC(=O)OC(C)(C)C. The molecule has 0 aromatic rings. The van der Waals surface area contributed by atoms with Gasteiger partial charge in [0.1, 0.15) is 5.60 Å². The third kappa shape index (κ3) is 15.9. The van der Waals surface area contributed by atoms with Gasteiger partial charge in [-0.1, -0.05) is 4.74 Å². The van der Waals surface area contributed by atoms with E-state index in [9.17, 15) is 9.59 Å². The van der Waals surface area contributed by atoms with Gasteiger partial charge in [0.15, 0.2) is 0 Å². The van der Waals surface area contributed by atoms with Crippen molar-refractivity contribution < 1.29 is 23.8 Å². The molecule has 0 aromatic carbocycles. The summed E-state index contributed by atoms with van der Waals surface area (Å²) in [5.74, 6) is -0.381. The largest absolute Gasteiger partial charge is 0.443 e. The number of amides is 2. The maximum absolute atomic E-state index is 11.6. The molecule has 2 amide bonds. The van der Waals surface area contributed by atoms with Gasteiger partial charge in [-0.25, -0.2) is 10.2 Å². The molecule has 0 heterocycles. The van der Waals surface area contributed by atoms with Crippen molar-refractivity contribution in [1.29, 1.82) is 0 Å². The highest BCUT2D eigenvalue weighted by Gasteiger charge is 2.17. The summed E-state index contributed by atoms with van der Waals surface area (Å²) >= 11 is 0. The normalized spacial score (nSPS) is 13.3. The highest BCUT2D eigenvalue weighted by Crippen LogP contribution is 2.10. The molecule has 146 valence electrons. The summed E-state index contributed by atoms with van der Waals surface area (Å²) in [7, 11) is 0.370. The van der Waals surface area contributed by atoms with Crippen LogP contribution >= 0.6 is 8.01 Å². The van der Waals surface area contributed by atoms with E-state index in [1.54, 1.807) is 27.9 Å². The fourth-order valence-corrected chi connectivity index (χ4v) is 2.38. The van der Waals surface area contributed by atoms with Crippen LogP contribution in [0.2, 0.25) is 0 Å². The number of hydrazine groups is 1. The number of nitrogens with two attached hydrogens (primary N) is 1. The molecule has 0 aliphatic rings. The van der Waals surface area contributed by atoms with Gasteiger partial charge in [0, 0.05) is 7.11 Å². The molecule has 10 nitrogen and oxygen atoms in total. The quantitative estimate of drug-likeness (QED) is 0.252. The van der Waals surface area contributed by atoms with E-state index in [-0.39, 0.29) is 24.9 Å². The molecule has 2 atom stereocenters. The first kappa shape index (κ1) is 23.7. The number of nitrogens with zero attached hydrogens (tertiary/aromatic N) is 1. The Balaban J connectivity index is 3.89. The molecule has 0 aliphatic heterocycles. The zero-order valence-corrected chi connectivity index (χ0v) is 16.5. The lowest BCUT2D eigenvalue weighted by atomic mass is 10.2. The van der Waals surface area contributed by atoms with Gasteiger partial charge in [0.05, 0.1) is 38.8 Å². The lowest BCUT2D eigenvalue weighted by Gasteiger charge is -2.19. The smallest absolute Gasteiger partial charge is 0.426 e. The molecule has 0 fully saturated rings. The number of ether oxygens (including phenoxy) is 3. The molecule has 0 aliphatic carbocycles. The van der Waals surface area contributed by atoms with E-state index in [0.717, 1.165) is 0 Å². The van der Waals surface area contributed by atoms with Crippen molar-refractivity contribution in [2.24, 2.45) is 10.2 Å². The fourth-order valence-electron chi connectivity index (χ4n) is 1.45. The average Bonchev–Trinajstić information content (AvgIpc) is 2.48. The Kier molecular flexibility index (Phi) is 12.3. The van der Waals surface area contributed by atoms with E-state index in [4.69, 9.17) is 19.7 Å². The summed E-state index contributed by atoms with van der Waals surface area (Å²) < 4.78 is 19.4. The topological polar surface area (TPSA) is 136 Å². The van der Waals surface area contributed by atoms with E-state index in [2.05, 4.69) is 20.7 Å². The van der Waals surface area contributed by atoms with Crippen molar-refractivity contribution in [3.8, 4) is 0 Å². The Hall–Kier alpha value is -1.32. The van der Waals surface area contributed by atoms with Crippen LogP contribution < -0.4 is 21.4 Å². The van der Waals surface area contributed by atoms with Gasteiger partial charge in [-0.3, -0.25) is 10.2 Å². The fraction of sp³-hybridized carbons (Fsp3) is 0.857. The van der Waals surface area contributed by atoms with E-state index in [0.29, 0.717) is 19.8 Å². The van der Waals surface area contributed by atoms with Gasteiger partial charge in [-0.05, 0) is 27.7 Å². The highest BCUT2D eigenvalue weighted by atomic mass is 31.1. The third-order valence-corrected chi connectivity index (χ3v) is 3.66. The second kappa shape index (κ2) is 13.0. The predicted molar refractivity (Wildman–Crippen MR) is 95.8 cm³/mol. The Labute approximate surface area is 150 Å². The number of nitrogens with one attached hydrogen (secondary N) is 3. The molecule has 0 spiro atoms. The van der Waals surface area contributed by atoms with Gasteiger partial charge in [-0.15, -0.1) is 10.6 Å². The monoisotopic (exact) mass is 380 g/mol. The van der Waals surface area contributed by atoms with Gasteiger partial charge < -0.3 is 14.2 Å². The number of carbonyl (C=O) groups is 2. The molecule has 0 bridgehead atoms. The second-order valence-corrected chi connectivity index (χ2v) is 7.46. The van der Waals surface area contributed by atoms with Gasteiger partial charge in [-0.2, -0.15) is 0 Å². The standard InChI is InChI=1S/C14H30N5O5P/c1-11(10-23-9-8-22-5)19-25(15)16-7-6-12(20)17-18-13(21)24-14(2,3)4/h11H,6-10H2,1-5H3,(H4-,15,16,17,18,19,20,21)/p+1. The maximum atomic E-state index is 11.6. The molecule has 0 aromatic heterocycles. The first-order valence-corrected chi connectivity index (χ1v) is 9.33. The predicted octanol–water partition coefficient (Wildman–Crippen LogP) is 1.03. The van der Waals surface area contributed by atoms with Crippen molar-refractivity contribution in [1.82, 2.24) is 15.9 Å². The number of hydrogen-bond acceptors (Lipinski definition) is 6. The van der Waals surface area contributed by atoms with Gasteiger partial charge >= 0.3 is 14.1 Å². The summed E-state index contributed by atoms with van der Waals surface area (Å²) in [4.78, 5) is 23.0. The first-order chi connectivity index (χ1) is 11.6. The summed E-state index contributed by atoms with van der Waals surface area (Å²) in [6.45, 7) is 8.92. The van der Waals surface area contributed by atoms with Crippen molar-refractivity contribution >= 4 is 20.0 Å². The minimum atomic E-state index is -1.24. The van der Waals surface area contributed by atoms with Crippen LogP contribution in [0.4, 0.5) is 4.79 Å². The van der Waals surface area contributed by atoms with Crippen LogP contribution in [0.15, 0.2) is 4.74 Å². The van der Waals surface area contributed by atoms with Crippen LogP contribution in [-0.2, 0) is 19.0 Å². The van der Waals surface area contributed by atoms with Crippen LogP contribution in [0, 0.1) is 0 Å². The number of methoxy groups -OCH3 is 1. The summed E-state index contributed by atoms with van der Waals surface area (Å²) in [6.07, 6.45) is -0.616. The zero-order chi connectivity index (χ0) is 19.3. The maximum Gasteiger partial charge on any atom is 0.426 e. The van der Waals surface area contributed by atoms with E-state index >= 15 is 0 Å². The molecule has 2 unspecified atom stereocenters. The Morgan fingerprint density at radius 1 is 1.24 bits per heavy atom. The second-order valence-electron chi connectivity index (χ2n) is 6.23. The summed E-state index contributed by atoms with van der Waals surface area (Å²) in [5.41, 5.74) is 9.66. The molecule has 0 rings (SSSR count). The molecule has 25 heavy (non-hydrogen) atoms. The molecule has 0 saturated heterocycles. The molecule has 5 N–H and O–H groups in total. The third-order valence-electron chi connectivity index (χ3n) is 2.45. The Morgan fingerprint density at radius 2 is 1.92 bits per heavy atom. The molecule has 0 radical (unpaired) electrons. The first-order valence-electron chi connectivity index (χ1n) is 7.97. The summed E-state index contributed by atoms with van der Waals surface area (Å²) in [6, 6.07) is 0.0411. The van der Waals surface area contributed by atoms with E-state index < -0.39 is 19.7 Å². The van der Waals surface area contributed by atoms with Crippen molar-refractivity contribution in [2.75, 3.05) is 33.5 Å². The zero-order valence-electron chi connectivity index (χ0n) is 15.6. The van der Waals surface area contributed by atoms with Crippen molar-refractivity contribution in [3.63, 3.8) is 0 Å². The van der Waals surface area contributed by atoms with E-state index in [1.807, 2.05) is 6.92 Å². The van der Waals surface area contributed by atoms with Crippen LogP contribution in [0.1, 0.15) is 34.1 Å². The summed E-state index contributed by atoms with van der Waals surface area (Å²) in [5, 5.41) is 3.10. The number of rotatable bonds is 10. The number of hydrogen-bond donors (Lipinski definition) is 4. The number of carbonyl (C=O) groups excluding carboxylic acids is 2. The Morgan fingerprint density at radius 3 is 2.52 bits per heavy atom. The van der Waals surface area contributed by atoms with Crippen LogP contribution in [-0.4, -0.2) is 57.1 Å². The molecule has 11 heteroatoms. The highest BCUT2D eigenvalue weighted by molar-refractivity contribution is 7.42. The lowest BCUT2D eigenvalue weighted by Crippen LogP contribution is -2.44. The molecular formula is C14H31N5O5P+. The minimum Gasteiger partial charge on any atom is -0.443 e.